The van der Waals surface area contributed by atoms with E-state index in [4.69, 9.17) is 16.7 Å². The number of amides is 2. The highest BCUT2D eigenvalue weighted by molar-refractivity contribution is 7.99. The molecule has 1 aromatic rings. The summed E-state index contributed by atoms with van der Waals surface area (Å²) in [6.07, 6.45) is 5.04. The maximum atomic E-state index is 12.0. The number of halogens is 1. The van der Waals surface area contributed by atoms with Crippen molar-refractivity contribution < 1.29 is 14.7 Å². The minimum Gasteiger partial charge on any atom is -0.478 e. The third-order valence-corrected chi connectivity index (χ3v) is 4.84. The van der Waals surface area contributed by atoms with Gasteiger partial charge in [0.15, 0.2) is 0 Å². The van der Waals surface area contributed by atoms with Gasteiger partial charge in [0.05, 0.1) is 11.3 Å². The molecule has 2 unspecified atom stereocenters. The molecule has 1 aliphatic rings. The van der Waals surface area contributed by atoms with E-state index in [1.54, 1.807) is 0 Å². The van der Waals surface area contributed by atoms with Gasteiger partial charge in [-0.2, -0.15) is 11.8 Å². The molecule has 1 aliphatic carbocycles. The predicted octanol–water partition coefficient (Wildman–Crippen LogP) is 3.44. The van der Waals surface area contributed by atoms with Gasteiger partial charge in [0, 0.05) is 16.3 Å². The normalized spacial score (nSPS) is 21.0. The maximum absolute atomic E-state index is 12.0. The number of carboxylic acids is 1. The lowest BCUT2D eigenvalue weighted by Gasteiger charge is -2.15. The average molecular weight is 329 g/mol. The van der Waals surface area contributed by atoms with Crippen LogP contribution >= 0.6 is 23.4 Å². The molecule has 1 aromatic carbocycles. The molecule has 0 bridgehead atoms. The number of thioether (sulfide) groups is 1. The molecular weight excluding hydrogens is 312 g/mol. The monoisotopic (exact) mass is 328 g/mol. The molecule has 1 fully saturated rings. The van der Waals surface area contributed by atoms with Crippen molar-refractivity contribution in [1.82, 2.24) is 5.32 Å². The molecule has 3 N–H and O–H groups in total. The summed E-state index contributed by atoms with van der Waals surface area (Å²) in [5, 5.41) is 15.5. The number of nitrogens with one attached hydrogen (secondary N) is 2. The molecule has 2 amide bonds. The number of hydrogen-bond donors (Lipinski definition) is 3. The Morgan fingerprint density at radius 3 is 2.76 bits per heavy atom. The fourth-order valence-electron chi connectivity index (χ4n) is 2.44. The Morgan fingerprint density at radius 2 is 2.14 bits per heavy atom. The highest BCUT2D eigenvalue weighted by atomic mass is 35.5. The van der Waals surface area contributed by atoms with Crippen molar-refractivity contribution in [3.05, 3.63) is 28.8 Å². The van der Waals surface area contributed by atoms with Crippen LogP contribution in [0.2, 0.25) is 5.02 Å². The van der Waals surface area contributed by atoms with E-state index in [0.29, 0.717) is 10.3 Å². The minimum absolute atomic E-state index is 0.0166. The summed E-state index contributed by atoms with van der Waals surface area (Å²) in [6.45, 7) is 0. The van der Waals surface area contributed by atoms with E-state index in [-0.39, 0.29) is 17.3 Å². The smallest absolute Gasteiger partial charge is 0.337 e. The van der Waals surface area contributed by atoms with Gasteiger partial charge in [-0.15, -0.1) is 0 Å². The number of urea groups is 1. The van der Waals surface area contributed by atoms with Crippen LogP contribution in [0.15, 0.2) is 18.2 Å². The number of hydrogen-bond acceptors (Lipinski definition) is 3. The summed E-state index contributed by atoms with van der Waals surface area (Å²) in [6, 6.07) is 4.03. The first-order valence-corrected chi connectivity index (χ1v) is 8.29. The van der Waals surface area contributed by atoms with E-state index in [2.05, 4.69) is 16.9 Å². The molecule has 21 heavy (non-hydrogen) atoms. The van der Waals surface area contributed by atoms with Crippen LogP contribution in [-0.4, -0.2) is 34.7 Å². The third-order valence-electron chi connectivity index (χ3n) is 3.51. The van der Waals surface area contributed by atoms with Crippen LogP contribution in [0.3, 0.4) is 0 Å². The molecular formula is C14H17ClN2O3S. The van der Waals surface area contributed by atoms with Crippen LogP contribution < -0.4 is 10.6 Å². The van der Waals surface area contributed by atoms with E-state index in [0.717, 1.165) is 19.3 Å². The average Bonchev–Trinajstić information content (AvgIpc) is 2.85. The first-order chi connectivity index (χ1) is 9.99. The number of carbonyl (C=O) groups excluding carboxylic acids is 1. The Balaban J connectivity index is 2.00. The third kappa shape index (κ3) is 4.28. The highest BCUT2D eigenvalue weighted by Gasteiger charge is 2.25. The zero-order chi connectivity index (χ0) is 15.4. The van der Waals surface area contributed by atoms with Crippen molar-refractivity contribution in [1.29, 1.82) is 0 Å². The lowest BCUT2D eigenvalue weighted by atomic mass is 10.2. The molecule has 7 heteroatoms. The Bertz CT molecular complexity index is 553. The molecule has 0 aromatic heterocycles. The molecule has 114 valence electrons. The summed E-state index contributed by atoms with van der Waals surface area (Å²) in [5.41, 5.74) is 0.217. The van der Waals surface area contributed by atoms with Crippen molar-refractivity contribution >= 4 is 41.1 Å². The van der Waals surface area contributed by atoms with Gasteiger partial charge in [-0.25, -0.2) is 9.59 Å². The van der Waals surface area contributed by atoms with Crippen LogP contribution in [0.25, 0.3) is 0 Å². The van der Waals surface area contributed by atoms with Crippen molar-refractivity contribution in [3.63, 3.8) is 0 Å². The summed E-state index contributed by atoms with van der Waals surface area (Å²) in [5.74, 6) is -1.11. The second-order valence-electron chi connectivity index (χ2n) is 4.96. The fraction of sp³-hybridized carbons (Fsp3) is 0.429. The van der Waals surface area contributed by atoms with Gasteiger partial charge in [0.1, 0.15) is 0 Å². The summed E-state index contributed by atoms with van der Waals surface area (Å²) < 4.78 is 0. The zero-order valence-corrected chi connectivity index (χ0v) is 13.1. The second-order valence-corrected chi connectivity index (χ2v) is 6.54. The van der Waals surface area contributed by atoms with Crippen LogP contribution in [-0.2, 0) is 0 Å². The number of carboxylic acid groups (broad SMARTS) is 1. The first-order valence-electron chi connectivity index (χ1n) is 6.62. The summed E-state index contributed by atoms with van der Waals surface area (Å²) >= 11 is 7.65. The Hall–Kier alpha value is -1.40. The predicted molar refractivity (Wildman–Crippen MR) is 85.5 cm³/mol. The molecule has 5 nitrogen and oxygen atoms in total. The second kappa shape index (κ2) is 7.04. The topological polar surface area (TPSA) is 78.4 Å². The highest BCUT2D eigenvalue weighted by Crippen LogP contribution is 2.28. The van der Waals surface area contributed by atoms with Crippen molar-refractivity contribution in [2.75, 3.05) is 11.6 Å². The Labute approximate surface area is 132 Å². The number of aromatic carboxylic acids is 1. The van der Waals surface area contributed by atoms with E-state index < -0.39 is 12.0 Å². The Morgan fingerprint density at radius 1 is 1.38 bits per heavy atom. The Kier molecular flexibility index (Phi) is 5.36. The quantitative estimate of drug-likeness (QED) is 0.791. The standard InChI is InChI=1S/C14H17ClN2O3S/c1-21-10-4-3-9(7-10)16-14(20)17-12-6-8(15)2-5-11(12)13(18)19/h2,5-6,9-10H,3-4,7H2,1H3,(H,18,19)(H2,16,17,20). The van der Waals surface area contributed by atoms with Crippen LogP contribution in [0.1, 0.15) is 29.6 Å². The molecule has 0 spiro atoms. The van der Waals surface area contributed by atoms with E-state index in [1.807, 2.05) is 11.8 Å². The molecule has 0 saturated heterocycles. The van der Waals surface area contributed by atoms with Gasteiger partial charge in [0.2, 0.25) is 0 Å². The van der Waals surface area contributed by atoms with Gasteiger partial charge >= 0.3 is 12.0 Å². The SMILES string of the molecule is CSC1CCC(NC(=O)Nc2cc(Cl)ccc2C(=O)O)C1. The molecule has 2 rings (SSSR count). The zero-order valence-electron chi connectivity index (χ0n) is 11.6. The molecule has 0 heterocycles. The van der Waals surface area contributed by atoms with E-state index >= 15 is 0 Å². The van der Waals surface area contributed by atoms with Gasteiger partial charge in [0.25, 0.3) is 0 Å². The van der Waals surface area contributed by atoms with Gasteiger partial charge in [-0.05, 0) is 43.7 Å². The van der Waals surface area contributed by atoms with Gasteiger partial charge in [-0.3, -0.25) is 0 Å². The van der Waals surface area contributed by atoms with Crippen molar-refractivity contribution in [3.8, 4) is 0 Å². The summed E-state index contributed by atoms with van der Waals surface area (Å²) in [7, 11) is 0. The lowest BCUT2D eigenvalue weighted by molar-refractivity contribution is 0.0698. The van der Waals surface area contributed by atoms with E-state index in [9.17, 15) is 9.59 Å². The van der Waals surface area contributed by atoms with Gasteiger partial charge < -0.3 is 15.7 Å². The molecule has 0 radical (unpaired) electrons. The summed E-state index contributed by atoms with van der Waals surface area (Å²) in [4.78, 5) is 23.1. The van der Waals surface area contributed by atoms with Crippen LogP contribution in [0.4, 0.5) is 10.5 Å². The van der Waals surface area contributed by atoms with Gasteiger partial charge in [-0.1, -0.05) is 11.6 Å². The number of carbonyl (C=O) groups is 2. The van der Waals surface area contributed by atoms with Crippen molar-refractivity contribution in [2.45, 2.75) is 30.6 Å². The fourth-order valence-corrected chi connectivity index (χ4v) is 3.40. The largest absolute Gasteiger partial charge is 0.478 e. The van der Waals surface area contributed by atoms with E-state index in [1.165, 1.54) is 18.2 Å². The molecule has 2 atom stereocenters. The van der Waals surface area contributed by atoms with Crippen LogP contribution in [0.5, 0.6) is 0 Å². The maximum Gasteiger partial charge on any atom is 0.337 e. The lowest BCUT2D eigenvalue weighted by Crippen LogP contribution is -2.36. The number of rotatable bonds is 4. The molecule has 1 saturated carbocycles. The van der Waals surface area contributed by atoms with Crippen LogP contribution in [0, 0.1) is 0 Å². The van der Waals surface area contributed by atoms with Crippen molar-refractivity contribution in [2.24, 2.45) is 0 Å². The number of benzene rings is 1. The minimum atomic E-state index is -1.11. The first kappa shape index (κ1) is 16.0. The number of anilines is 1. The molecule has 0 aliphatic heterocycles.